The molecule has 6 heteroatoms. The summed E-state index contributed by atoms with van der Waals surface area (Å²) in [5, 5.41) is -0.0635. The van der Waals surface area contributed by atoms with Crippen LogP contribution >= 0.6 is 11.6 Å². The van der Waals surface area contributed by atoms with E-state index in [2.05, 4.69) is 4.98 Å². The summed E-state index contributed by atoms with van der Waals surface area (Å²) in [5.41, 5.74) is 2.01. The van der Waals surface area contributed by atoms with Crippen molar-refractivity contribution in [3.8, 4) is 0 Å². The average molecular weight is 180 g/mol. The van der Waals surface area contributed by atoms with Crippen molar-refractivity contribution >= 4 is 17.4 Å². The largest absolute Gasteiger partial charge is 0.307 e. The van der Waals surface area contributed by atoms with Gasteiger partial charge in [-0.25, -0.2) is 10.2 Å². The van der Waals surface area contributed by atoms with Crippen molar-refractivity contribution in [3.05, 3.63) is 22.9 Å². The van der Waals surface area contributed by atoms with Crippen molar-refractivity contribution in [2.24, 2.45) is 5.84 Å². The number of nitrogen functional groups attached to an aromatic ring is 1. The minimum absolute atomic E-state index is 0.0635. The van der Waals surface area contributed by atoms with Crippen LogP contribution in [0.25, 0.3) is 0 Å². The Morgan fingerprint density at radius 1 is 1.55 bits per heavy atom. The van der Waals surface area contributed by atoms with Crippen LogP contribution in [-0.4, -0.2) is 4.98 Å². The van der Waals surface area contributed by atoms with Gasteiger partial charge < -0.3 is 5.43 Å². The van der Waals surface area contributed by atoms with Gasteiger partial charge in [0.25, 0.3) is 5.95 Å². The molecule has 0 aliphatic carbocycles. The summed E-state index contributed by atoms with van der Waals surface area (Å²) in [4.78, 5) is 3.08. The predicted molar refractivity (Wildman–Crippen MR) is 37.0 cm³/mol. The molecule has 0 aliphatic heterocycles. The molecule has 60 valence electrons. The van der Waals surface area contributed by atoms with Crippen molar-refractivity contribution in [1.29, 1.82) is 0 Å². The van der Waals surface area contributed by atoms with E-state index in [9.17, 15) is 8.78 Å². The molecule has 0 saturated carbocycles. The lowest BCUT2D eigenvalue weighted by Crippen LogP contribution is -2.10. The second-order valence-electron chi connectivity index (χ2n) is 1.74. The molecule has 1 rings (SSSR count). The van der Waals surface area contributed by atoms with Gasteiger partial charge in [0.1, 0.15) is 0 Å². The number of rotatable bonds is 1. The van der Waals surface area contributed by atoms with Crippen molar-refractivity contribution in [1.82, 2.24) is 4.98 Å². The van der Waals surface area contributed by atoms with E-state index in [1.807, 2.05) is 5.43 Å². The Bertz CT molecular complexity index is 279. The molecule has 0 atom stereocenters. The molecular weight excluding hydrogens is 176 g/mol. The Balaban J connectivity index is 3.21. The molecule has 0 aromatic carbocycles. The number of hydrazine groups is 1. The lowest BCUT2D eigenvalue weighted by Gasteiger charge is -2.00. The van der Waals surface area contributed by atoms with Crippen LogP contribution in [0, 0.1) is 11.8 Å². The summed E-state index contributed by atoms with van der Waals surface area (Å²) in [6.07, 6.45) is 0. The smallest absolute Gasteiger partial charge is 0.251 e. The van der Waals surface area contributed by atoms with E-state index in [0.717, 1.165) is 6.07 Å². The molecule has 0 amide bonds. The Kier molecular flexibility index (Phi) is 2.21. The van der Waals surface area contributed by atoms with E-state index in [-0.39, 0.29) is 10.8 Å². The number of aromatic nitrogens is 1. The van der Waals surface area contributed by atoms with Gasteiger partial charge >= 0.3 is 0 Å². The number of anilines is 1. The number of nitrogens with two attached hydrogens (primary N) is 1. The molecule has 0 unspecified atom stereocenters. The number of hydrogen-bond acceptors (Lipinski definition) is 3. The van der Waals surface area contributed by atoms with Crippen molar-refractivity contribution in [2.45, 2.75) is 0 Å². The topological polar surface area (TPSA) is 50.9 Å². The van der Waals surface area contributed by atoms with E-state index in [1.165, 1.54) is 0 Å². The molecule has 1 aromatic rings. The van der Waals surface area contributed by atoms with Crippen LogP contribution in [0.1, 0.15) is 0 Å². The first-order valence-electron chi connectivity index (χ1n) is 2.63. The molecule has 0 spiro atoms. The van der Waals surface area contributed by atoms with Crippen LogP contribution in [0.2, 0.25) is 5.02 Å². The highest BCUT2D eigenvalue weighted by Crippen LogP contribution is 2.19. The Hall–Kier alpha value is -0.940. The van der Waals surface area contributed by atoms with Crippen molar-refractivity contribution in [2.75, 3.05) is 5.43 Å². The third kappa shape index (κ3) is 1.55. The standard InChI is InChI=1S/C5H4ClF2N3/c6-2-1-3(7)4(8)10-5(2)11-9/h1H,9H2,(H,10,11). The van der Waals surface area contributed by atoms with Crippen molar-refractivity contribution in [3.63, 3.8) is 0 Å². The van der Waals surface area contributed by atoms with Gasteiger partial charge in [0.05, 0.1) is 5.02 Å². The molecule has 0 bridgehead atoms. The van der Waals surface area contributed by atoms with Crippen LogP contribution in [0.4, 0.5) is 14.6 Å². The Labute approximate surface area is 66.1 Å². The molecule has 3 nitrogen and oxygen atoms in total. The maximum absolute atomic E-state index is 12.3. The van der Waals surface area contributed by atoms with Gasteiger partial charge in [0.2, 0.25) is 0 Å². The molecular formula is C5H4ClF2N3. The minimum atomic E-state index is -1.23. The summed E-state index contributed by atoms with van der Waals surface area (Å²) in [5.74, 6) is 2.45. The molecule has 1 heterocycles. The fraction of sp³-hybridized carbons (Fsp3) is 0. The number of pyridine rings is 1. The summed E-state index contributed by atoms with van der Waals surface area (Å²) in [6, 6.07) is 0.791. The van der Waals surface area contributed by atoms with Crippen molar-refractivity contribution < 1.29 is 8.78 Å². The third-order valence-corrected chi connectivity index (χ3v) is 1.31. The summed E-state index contributed by atoms with van der Waals surface area (Å²) in [7, 11) is 0. The zero-order valence-electron chi connectivity index (χ0n) is 5.24. The highest BCUT2D eigenvalue weighted by Gasteiger charge is 2.08. The van der Waals surface area contributed by atoms with Gasteiger partial charge in [-0.2, -0.15) is 9.37 Å². The van der Waals surface area contributed by atoms with E-state index in [1.54, 1.807) is 0 Å². The summed E-state index contributed by atoms with van der Waals surface area (Å²) >= 11 is 5.39. The second-order valence-corrected chi connectivity index (χ2v) is 2.14. The third-order valence-electron chi connectivity index (χ3n) is 1.02. The van der Waals surface area contributed by atoms with Gasteiger partial charge in [0.15, 0.2) is 11.6 Å². The van der Waals surface area contributed by atoms with Gasteiger partial charge in [-0.3, -0.25) is 0 Å². The fourth-order valence-corrected chi connectivity index (χ4v) is 0.738. The molecule has 11 heavy (non-hydrogen) atoms. The fourth-order valence-electron chi connectivity index (χ4n) is 0.545. The predicted octanol–water partition coefficient (Wildman–Crippen LogP) is 1.30. The first-order chi connectivity index (χ1) is 5.15. The highest BCUT2D eigenvalue weighted by atomic mass is 35.5. The maximum atomic E-state index is 12.3. The lowest BCUT2D eigenvalue weighted by molar-refractivity contribution is 0.480. The summed E-state index contributed by atoms with van der Waals surface area (Å²) in [6.45, 7) is 0. The van der Waals surface area contributed by atoms with Gasteiger partial charge in [-0.05, 0) is 0 Å². The zero-order chi connectivity index (χ0) is 8.43. The number of halogens is 3. The molecule has 0 fully saturated rings. The second kappa shape index (κ2) is 2.98. The van der Waals surface area contributed by atoms with Gasteiger partial charge in [-0.15, -0.1) is 0 Å². The van der Waals surface area contributed by atoms with E-state index >= 15 is 0 Å². The van der Waals surface area contributed by atoms with E-state index < -0.39 is 11.8 Å². The van der Waals surface area contributed by atoms with Crippen LogP contribution in [0.5, 0.6) is 0 Å². The Morgan fingerprint density at radius 3 is 2.73 bits per heavy atom. The number of hydrogen-bond donors (Lipinski definition) is 2. The summed E-state index contributed by atoms with van der Waals surface area (Å²) < 4.78 is 24.6. The number of nitrogens with zero attached hydrogens (tertiary/aromatic N) is 1. The van der Waals surface area contributed by atoms with Crippen LogP contribution in [0.15, 0.2) is 6.07 Å². The maximum Gasteiger partial charge on any atom is 0.251 e. The van der Waals surface area contributed by atoms with Gasteiger partial charge in [-0.1, -0.05) is 11.6 Å². The molecule has 0 saturated heterocycles. The van der Waals surface area contributed by atoms with E-state index in [0.29, 0.717) is 0 Å². The highest BCUT2D eigenvalue weighted by molar-refractivity contribution is 6.32. The number of nitrogens with one attached hydrogen (secondary N) is 1. The first-order valence-corrected chi connectivity index (χ1v) is 3.01. The Morgan fingerprint density at radius 2 is 2.18 bits per heavy atom. The molecule has 0 radical (unpaired) electrons. The quantitative estimate of drug-likeness (QED) is 0.388. The van der Waals surface area contributed by atoms with Crippen LogP contribution < -0.4 is 11.3 Å². The first kappa shape index (κ1) is 8.16. The monoisotopic (exact) mass is 179 g/mol. The van der Waals surface area contributed by atoms with Gasteiger partial charge in [0, 0.05) is 6.07 Å². The average Bonchev–Trinajstić information content (AvgIpc) is 1.97. The normalized spacial score (nSPS) is 9.82. The molecule has 3 N–H and O–H groups in total. The minimum Gasteiger partial charge on any atom is -0.307 e. The SMILES string of the molecule is NNc1nc(F)c(F)cc1Cl. The van der Waals surface area contributed by atoms with E-state index in [4.69, 9.17) is 17.4 Å². The lowest BCUT2D eigenvalue weighted by atomic mass is 10.4. The molecule has 0 aliphatic rings. The van der Waals surface area contributed by atoms with Crippen LogP contribution in [-0.2, 0) is 0 Å². The molecule has 1 aromatic heterocycles. The van der Waals surface area contributed by atoms with Crippen LogP contribution in [0.3, 0.4) is 0 Å². The zero-order valence-corrected chi connectivity index (χ0v) is 5.99.